The second kappa shape index (κ2) is 29.6. The van der Waals surface area contributed by atoms with Crippen LogP contribution in [0.25, 0.3) is 178 Å². The summed E-state index contributed by atoms with van der Waals surface area (Å²) >= 11 is 3.82. The molecule has 2 aliphatic carbocycles. The summed E-state index contributed by atoms with van der Waals surface area (Å²) < 4.78 is 0. The number of aromatic nitrogens is 6. The topological polar surface area (TPSA) is 77.3 Å². The Morgan fingerprint density at radius 3 is 1.02 bits per heavy atom. The highest BCUT2D eigenvalue weighted by atomic mass is 32.2. The summed E-state index contributed by atoms with van der Waals surface area (Å²) in [6.45, 7) is 0. The van der Waals surface area contributed by atoms with Crippen LogP contribution in [-0.4, -0.2) is 29.9 Å². The van der Waals surface area contributed by atoms with Crippen LogP contribution in [0.5, 0.6) is 0 Å². The van der Waals surface area contributed by atoms with Crippen LogP contribution in [0.4, 0.5) is 0 Å². The predicted molar refractivity (Wildman–Crippen MR) is 519 cm³/mol. The second-order valence-corrected chi connectivity index (χ2v) is 34.9. The van der Waals surface area contributed by atoms with E-state index in [1.807, 2.05) is 72.1 Å². The lowest BCUT2D eigenvalue weighted by atomic mass is 9.66. The van der Waals surface area contributed by atoms with Crippen LogP contribution >= 0.6 is 23.5 Å². The highest BCUT2D eigenvalue weighted by molar-refractivity contribution is 8.00. The summed E-state index contributed by atoms with van der Waals surface area (Å²) in [6.07, 6.45) is 0. The third-order valence-corrected chi connectivity index (χ3v) is 28.6. The van der Waals surface area contributed by atoms with Gasteiger partial charge in [0.15, 0.2) is 11.6 Å². The number of pyridine rings is 2. The van der Waals surface area contributed by atoms with E-state index in [1.165, 1.54) is 119 Å². The molecule has 26 rings (SSSR count). The average molecular weight is 1640 g/mol. The molecule has 0 fully saturated rings. The van der Waals surface area contributed by atoms with Gasteiger partial charge in [-0.1, -0.05) is 430 Å². The molecule has 0 bridgehead atoms. The number of hydrogen-bond donors (Lipinski definition) is 0. The molecule has 18 aromatic carbocycles. The molecule has 2 spiro atoms. The van der Waals surface area contributed by atoms with Gasteiger partial charge in [0.05, 0.1) is 55.8 Å². The number of nitrogens with zero attached hydrogens (tertiary/aromatic N) is 6. The lowest BCUT2D eigenvalue weighted by Gasteiger charge is -2.41. The molecule has 0 amide bonds. The monoisotopic (exact) mass is 1640 g/mol. The summed E-state index contributed by atoms with van der Waals surface area (Å²) in [5.74, 6) is 1.44. The number of fused-ring (bicyclic) bond motifs is 27. The van der Waals surface area contributed by atoms with Crippen LogP contribution in [-0.2, 0) is 10.8 Å². The maximum Gasteiger partial charge on any atom is 0.160 e. The molecule has 6 heterocycles. The second-order valence-electron chi connectivity index (χ2n) is 32.8. The summed E-state index contributed by atoms with van der Waals surface area (Å²) in [6, 6.07) is 158. The van der Waals surface area contributed by atoms with Crippen LogP contribution in [0, 0.1) is 0 Å². The van der Waals surface area contributed by atoms with Crippen molar-refractivity contribution < 1.29 is 0 Å². The first kappa shape index (κ1) is 73.2. The Bertz CT molecular complexity index is 8040. The van der Waals surface area contributed by atoms with Gasteiger partial charge in [-0.15, -0.1) is 0 Å². The van der Waals surface area contributed by atoms with Crippen molar-refractivity contribution in [2.45, 2.75) is 30.4 Å². The zero-order valence-electron chi connectivity index (χ0n) is 68.1. The predicted octanol–water partition coefficient (Wildman–Crippen LogP) is 30.2. The molecule has 4 aliphatic rings. The quantitative estimate of drug-likeness (QED) is 0.132. The third kappa shape index (κ3) is 11.5. The lowest BCUT2D eigenvalue weighted by Crippen LogP contribution is -2.32. The smallest absolute Gasteiger partial charge is 0.160 e. The normalized spacial score (nSPS) is 13.1. The van der Waals surface area contributed by atoms with E-state index in [0.29, 0.717) is 5.82 Å². The molecule has 126 heavy (non-hydrogen) atoms. The van der Waals surface area contributed by atoms with E-state index in [-0.39, 0.29) is 0 Å². The van der Waals surface area contributed by atoms with E-state index in [1.54, 1.807) is 0 Å². The Labute approximate surface area is 737 Å². The van der Waals surface area contributed by atoms with Gasteiger partial charge in [0.1, 0.15) is 0 Å². The summed E-state index contributed by atoms with van der Waals surface area (Å²) in [5.41, 5.74) is 34.4. The largest absolute Gasteiger partial charge is 0.247 e. The van der Waals surface area contributed by atoms with Gasteiger partial charge in [-0.25, -0.2) is 29.9 Å². The minimum atomic E-state index is -0.543. The molecule has 4 aromatic heterocycles. The SMILES string of the molecule is c1ccc(-c2cc(-c3ccc(-c4ccc5c(c4)Sc4c(ccc6c(-c7ccccc7)nc7ccccc7c46)C54c5ccccc5-c5ccccc54)cc3)nc(-c3ccccc3)n2)cc1.c1ccc(-c2nc(-c3ccc(-c4cccc5c4Sc4c(ccc6c(-c7ccccc7)nc7ccccc7c46)C54c5ccccc5-c5ccccc54)cc3)c3ccccc3n2)cc1. The molecule has 586 valence electrons. The Balaban J connectivity index is 0.000000137. The van der Waals surface area contributed by atoms with E-state index in [4.69, 9.17) is 29.9 Å². The maximum absolute atomic E-state index is 5.35. The van der Waals surface area contributed by atoms with Gasteiger partial charge in [-0.2, -0.15) is 0 Å². The van der Waals surface area contributed by atoms with E-state index >= 15 is 0 Å². The van der Waals surface area contributed by atoms with Gasteiger partial charge >= 0.3 is 0 Å². The molecule has 2 aliphatic heterocycles. The number of hydrogen-bond acceptors (Lipinski definition) is 8. The van der Waals surface area contributed by atoms with Crippen LogP contribution < -0.4 is 0 Å². The molecule has 8 heteroatoms. The highest BCUT2D eigenvalue weighted by Gasteiger charge is 2.53. The van der Waals surface area contributed by atoms with Crippen molar-refractivity contribution in [3.05, 3.63) is 481 Å². The fraction of sp³-hybridized carbons (Fsp3) is 0.0169. The summed E-state index contributed by atoms with van der Waals surface area (Å²) in [4.78, 5) is 36.1. The molecule has 0 saturated heterocycles. The van der Waals surface area contributed by atoms with Gasteiger partial charge in [0, 0.05) is 96.2 Å². The highest BCUT2D eigenvalue weighted by Crippen LogP contribution is 2.67. The van der Waals surface area contributed by atoms with Crippen LogP contribution in [0.2, 0.25) is 0 Å². The maximum atomic E-state index is 5.35. The van der Waals surface area contributed by atoms with Crippen molar-refractivity contribution in [1.29, 1.82) is 0 Å². The van der Waals surface area contributed by atoms with Gasteiger partial charge in [-0.05, 0) is 119 Å². The average Bonchev–Trinajstić information content (AvgIpc) is 1.50. The van der Waals surface area contributed by atoms with Gasteiger partial charge < -0.3 is 0 Å². The molecule has 0 saturated carbocycles. The van der Waals surface area contributed by atoms with Gasteiger partial charge in [0.25, 0.3) is 0 Å². The molecule has 0 atom stereocenters. The Morgan fingerprint density at radius 2 is 0.508 bits per heavy atom. The van der Waals surface area contributed by atoms with E-state index in [9.17, 15) is 0 Å². The first-order chi connectivity index (χ1) is 62.5. The summed E-state index contributed by atoms with van der Waals surface area (Å²) in [5, 5.41) is 8.19. The minimum absolute atomic E-state index is 0.517. The van der Waals surface area contributed by atoms with Crippen LogP contribution in [0.15, 0.2) is 456 Å². The van der Waals surface area contributed by atoms with Crippen molar-refractivity contribution in [3.63, 3.8) is 0 Å². The standard InChI is InChI=1S/C60H37N3S.C58H35N3S/c1-4-16-39(17-5-1)53-37-54(63-59(62-53)42-20-8-3-9-21-42)40-30-28-38(29-31-40)43-32-34-50-55(36-43)64-58-51(60(50)48-25-13-10-22-44(48)45-23-11-14-26-49(45)60)35-33-47-56(58)46-24-12-15-27-52(46)61-57(47)41-18-6-2-7-19-41;1-3-16-37(17-4-1)54-45-34-35-49-56(52(45)43-22-9-13-28-50(43)59-54)62-55-40(24-15-27-48(55)58(49)46-25-11-7-20-41(46)42-21-8-12-26-47(42)58)36-30-32-38(33-31-36)53-44-23-10-14-29-51(44)60-57(61-53)39-18-5-2-6-19-39/h1-37H;1-35H. The van der Waals surface area contributed by atoms with Gasteiger partial charge in [0.2, 0.25) is 0 Å². The molecular weight excluding hydrogens is 1570 g/mol. The molecule has 22 aromatic rings. The first-order valence-electron chi connectivity index (χ1n) is 42.9. The zero-order valence-corrected chi connectivity index (χ0v) is 69.7. The first-order valence-corrected chi connectivity index (χ1v) is 44.5. The Kier molecular flexibility index (Phi) is 17.2. The fourth-order valence-corrected chi connectivity index (χ4v) is 23.5. The van der Waals surface area contributed by atoms with E-state index < -0.39 is 10.8 Å². The number of benzene rings is 18. The molecular formula is C118H72N6S2. The zero-order chi connectivity index (χ0) is 83.0. The van der Waals surface area contributed by atoms with Crippen LogP contribution in [0.1, 0.15) is 44.5 Å². The number of rotatable bonds is 9. The number of para-hydroxylation sites is 3. The Hall–Kier alpha value is -15.6. The Morgan fingerprint density at radius 1 is 0.175 bits per heavy atom. The van der Waals surface area contributed by atoms with Crippen molar-refractivity contribution >= 4 is 77.8 Å². The van der Waals surface area contributed by atoms with Crippen molar-refractivity contribution in [3.8, 4) is 124 Å². The van der Waals surface area contributed by atoms with E-state index in [2.05, 4.69) is 388 Å². The minimum Gasteiger partial charge on any atom is -0.247 e. The third-order valence-electron chi connectivity index (χ3n) is 26.1. The van der Waals surface area contributed by atoms with Gasteiger partial charge in [-0.3, -0.25) is 0 Å². The van der Waals surface area contributed by atoms with Crippen LogP contribution in [0.3, 0.4) is 0 Å². The molecule has 6 nitrogen and oxygen atoms in total. The molecule has 0 N–H and O–H groups in total. The van der Waals surface area contributed by atoms with Crippen molar-refractivity contribution in [1.82, 2.24) is 29.9 Å². The van der Waals surface area contributed by atoms with Crippen molar-refractivity contribution in [2.75, 3.05) is 0 Å². The molecule has 0 radical (unpaired) electrons. The summed E-state index contributed by atoms with van der Waals surface area (Å²) in [7, 11) is 0. The fourth-order valence-electron chi connectivity index (χ4n) is 20.6. The van der Waals surface area contributed by atoms with Crippen molar-refractivity contribution in [2.24, 2.45) is 0 Å². The molecule has 0 unspecified atom stereocenters. The van der Waals surface area contributed by atoms with E-state index in [0.717, 1.165) is 117 Å². The lowest BCUT2D eigenvalue weighted by molar-refractivity contribution is 0.726.